The molecule has 80 valence electrons. The van der Waals surface area contributed by atoms with E-state index in [1.807, 2.05) is 31.2 Å². The van der Waals surface area contributed by atoms with Crippen molar-refractivity contribution in [3.8, 4) is 0 Å². The Labute approximate surface area is 102 Å². The van der Waals surface area contributed by atoms with Gasteiger partial charge in [0.2, 0.25) is 5.78 Å². The summed E-state index contributed by atoms with van der Waals surface area (Å²) in [6.45, 7) is 1.99. The second-order valence-electron chi connectivity index (χ2n) is 3.53. The first-order valence-electron chi connectivity index (χ1n) is 4.90. The van der Waals surface area contributed by atoms with Crippen LogP contribution in [-0.4, -0.2) is 10.8 Å². The van der Waals surface area contributed by atoms with E-state index >= 15 is 0 Å². The van der Waals surface area contributed by atoms with Crippen molar-refractivity contribution in [2.24, 2.45) is 0 Å². The van der Waals surface area contributed by atoms with Gasteiger partial charge in [0.25, 0.3) is 0 Å². The number of hydrogen-bond donors (Lipinski definition) is 0. The summed E-state index contributed by atoms with van der Waals surface area (Å²) in [4.78, 5) is 16.1. The van der Waals surface area contributed by atoms with Gasteiger partial charge in [-0.15, -0.1) is 0 Å². The van der Waals surface area contributed by atoms with Crippen molar-refractivity contribution in [3.63, 3.8) is 0 Å². The van der Waals surface area contributed by atoms with Crippen molar-refractivity contribution in [3.05, 3.63) is 63.9 Å². The smallest absolute Gasteiger partial charge is 0.212 e. The second-order valence-corrected chi connectivity index (χ2v) is 4.38. The third-order valence-corrected chi connectivity index (χ3v) is 2.92. The van der Waals surface area contributed by atoms with E-state index in [0.29, 0.717) is 11.3 Å². The van der Waals surface area contributed by atoms with Gasteiger partial charge >= 0.3 is 0 Å². The highest BCUT2D eigenvalue weighted by Gasteiger charge is 2.12. The number of aryl methyl sites for hydroxylation is 1. The molecule has 0 N–H and O–H groups in total. The maximum absolute atomic E-state index is 12.1. The molecular weight excluding hydrogens is 266 g/mol. The fraction of sp³-hybridized carbons (Fsp3) is 0.0769. The number of hydrogen-bond acceptors (Lipinski definition) is 2. The van der Waals surface area contributed by atoms with Gasteiger partial charge in [0.1, 0.15) is 5.69 Å². The number of ketones is 1. The maximum Gasteiger partial charge on any atom is 0.212 e. The maximum atomic E-state index is 12.1. The van der Waals surface area contributed by atoms with E-state index in [1.54, 1.807) is 18.3 Å². The SMILES string of the molecule is Cc1ccc(C(=O)c2ccccn2)c(Br)c1. The molecule has 1 aromatic heterocycles. The molecule has 2 aromatic rings. The first kappa shape index (κ1) is 11.0. The Morgan fingerprint density at radius 3 is 2.69 bits per heavy atom. The number of carbonyl (C=O) groups is 1. The first-order valence-corrected chi connectivity index (χ1v) is 5.69. The molecule has 0 amide bonds. The number of aromatic nitrogens is 1. The van der Waals surface area contributed by atoms with Gasteiger partial charge in [-0.3, -0.25) is 9.78 Å². The number of nitrogens with zero attached hydrogens (tertiary/aromatic N) is 1. The largest absolute Gasteiger partial charge is 0.287 e. The summed E-state index contributed by atoms with van der Waals surface area (Å²) in [5.41, 5.74) is 2.22. The van der Waals surface area contributed by atoms with Gasteiger partial charge in [0.05, 0.1) is 0 Å². The molecule has 2 rings (SSSR count). The van der Waals surface area contributed by atoms with Crippen LogP contribution in [0.15, 0.2) is 47.1 Å². The van der Waals surface area contributed by atoms with Crippen LogP contribution in [0.1, 0.15) is 21.6 Å². The van der Waals surface area contributed by atoms with Crippen molar-refractivity contribution in [2.45, 2.75) is 6.92 Å². The summed E-state index contributed by atoms with van der Waals surface area (Å²) >= 11 is 3.40. The molecule has 3 heteroatoms. The molecule has 16 heavy (non-hydrogen) atoms. The highest BCUT2D eigenvalue weighted by Crippen LogP contribution is 2.20. The number of rotatable bonds is 2. The molecule has 0 saturated heterocycles. The Balaban J connectivity index is 2.42. The molecule has 0 fully saturated rings. The van der Waals surface area contributed by atoms with E-state index in [1.165, 1.54) is 0 Å². The molecular formula is C13H10BrNO. The molecule has 0 spiro atoms. The van der Waals surface area contributed by atoms with Crippen LogP contribution < -0.4 is 0 Å². The summed E-state index contributed by atoms with van der Waals surface area (Å²) in [5.74, 6) is -0.0625. The van der Waals surface area contributed by atoms with Gasteiger partial charge in [-0.25, -0.2) is 0 Å². The summed E-state index contributed by atoms with van der Waals surface area (Å²) in [6.07, 6.45) is 1.62. The van der Waals surface area contributed by atoms with Crippen molar-refractivity contribution in [2.75, 3.05) is 0 Å². The Morgan fingerprint density at radius 1 is 1.25 bits per heavy atom. The molecule has 0 aliphatic rings. The average Bonchev–Trinajstić information content (AvgIpc) is 2.29. The topological polar surface area (TPSA) is 30.0 Å². The van der Waals surface area contributed by atoms with E-state index in [4.69, 9.17) is 0 Å². The van der Waals surface area contributed by atoms with E-state index in [9.17, 15) is 4.79 Å². The normalized spacial score (nSPS) is 10.1. The minimum absolute atomic E-state index is 0.0625. The van der Waals surface area contributed by atoms with Crippen LogP contribution in [0.2, 0.25) is 0 Å². The number of halogens is 1. The van der Waals surface area contributed by atoms with Crippen LogP contribution >= 0.6 is 15.9 Å². The Morgan fingerprint density at radius 2 is 2.06 bits per heavy atom. The zero-order valence-electron chi connectivity index (χ0n) is 8.77. The van der Waals surface area contributed by atoms with Crippen LogP contribution in [0, 0.1) is 6.92 Å². The summed E-state index contributed by atoms with van der Waals surface area (Å²) < 4.78 is 0.808. The lowest BCUT2D eigenvalue weighted by Crippen LogP contribution is -2.04. The molecule has 0 bridgehead atoms. The quantitative estimate of drug-likeness (QED) is 0.787. The molecule has 0 unspecified atom stereocenters. The highest BCUT2D eigenvalue weighted by molar-refractivity contribution is 9.10. The fourth-order valence-electron chi connectivity index (χ4n) is 1.44. The van der Waals surface area contributed by atoms with Crippen molar-refractivity contribution in [1.82, 2.24) is 4.98 Å². The van der Waals surface area contributed by atoms with E-state index < -0.39 is 0 Å². The predicted octanol–water partition coefficient (Wildman–Crippen LogP) is 3.38. The molecule has 0 aliphatic carbocycles. The molecule has 0 radical (unpaired) electrons. The summed E-state index contributed by atoms with van der Waals surface area (Å²) in [7, 11) is 0. The lowest BCUT2D eigenvalue weighted by molar-refractivity contribution is 0.103. The Bertz CT molecular complexity index is 523. The molecule has 1 heterocycles. The van der Waals surface area contributed by atoms with Gasteiger partial charge in [-0.1, -0.05) is 28.1 Å². The first-order chi connectivity index (χ1) is 7.68. The van der Waals surface area contributed by atoms with Gasteiger partial charge in [-0.05, 0) is 36.8 Å². The van der Waals surface area contributed by atoms with Crippen LogP contribution in [0.25, 0.3) is 0 Å². The summed E-state index contributed by atoms with van der Waals surface area (Å²) in [6, 6.07) is 11.0. The van der Waals surface area contributed by atoms with E-state index in [-0.39, 0.29) is 5.78 Å². The number of carbonyl (C=O) groups excluding carboxylic acids is 1. The second kappa shape index (κ2) is 4.58. The third-order valence-electron chi connectivity index (χ3n) is 2.27. The van der Waals surface area contributed by atoms with Crippen LogP contribution in [-0.2, 0) is 0 Å². The average molecular weight is 276 g/mol. The van der Waals surface area contributed by atoms with Gasteiger partial charge < -0.3 is 0 Å². The van der Waals surface area contributed by atoms with Crippen LogP contribution in [0.4, 0.5) is 0 Å². The highest BCUT2D eigenvalue weighted by atomic mass is 79.9. The monoisotopic (exact) mass is 275 g/mol. The van der Waals surface area contributed by atoms with Gasteiger partial charge in [0.15, 0.2) is 0 Å². The van der Waals surface area contributed by atoms with E-state index in [2.05, 4.69) is 20.9 Å². The third kappa shape index (κ3) is 2.19. The van der Waals surface area contributed by atoms with Crippen molar-refractivity contribution in [1.29, 1.82) is 0 Å². The van der Waals surface area contributed by atoms with Crippen molar-refractivity contribution < 1.29 is 4.79 Å². The zero-order valence-corrected chi connectivity index (χ0v) is 10.4. The molecule has 0 aliphatic heterocycles. The number of pyridine rings is 1. The molecule has 0 saturated carbocycles. The van der Waals surface area contributed by atoms with Crippen LogP contribution in [0.3, 0.4) is 0 Å². The molecule has 2 nitrogen and oxygen atoms in total. The zero-order chi connectivity index (χ0) is 11.5. The number of benzene rings is 1. The Kier molecular flexibility index (Phi) is 3.15. The molecule has 1 aromatic carbocycles. The van der Waals surface area contributed by atoms with Gasteiger partial charge in [0, 0.05) is 16.2 Å². The van der Waals surface area contributed by atoms with Gasteiger partial charge in [-0.2, -0.15) is 0 Å². The standard InChI is InChI=1S/C13H10BrNO/c1-9-5-6-10(11(14)8-9)13(16)12-4-2-3-7-15-12/h2-8H,1H3. The Hall–Kier alpha value is -1.48. The lowest BCUT2D eigenvalue weighted by Gasteiger charge is -2.03. The fourth-order valence-corrected chi connectivity index (χ4v) is 2.11. The van der Waals surface area contributed by atoms with Crippen molar-refractivity contribution >= 4 is 21.7 Å². The lowest BCUT2D eigenvalue weighted by atomic mass is 10.1. The van der Waals surface area contributed by atoms with Crippen LogP contribution in [0.5, 0.6) is 0 Å². The molecule has 0 atom stereocenters. The minimum atomic E-state index is -0.0625. The minimum Gasteiger partial charge on any atom is -0.287 e. The summed E-state index contributed by atoms with van der Waals surface area (Å²) in [5, 5.41) is 0. The predicted molar refractivity (Wildman–Crippen MR) is 66.5 cm³/mol. The van der Waals surface area contributed by atoms with E-state index in [0.717, 1.165) is 10.0 Å².